The van der Waals surface area contributed by atoms with Crippen LogP contribution < -0.4 is 5.32 Å². The lowest BCUT2D eigenvalue weighted by Crippen LogP contribution is -2.38. The van der Waals surface area contributed by atoms with Gasteiger partial charge in [0.05, 0.1) is 28.7 Å². The Morgan fingerprint density at radius 2 is 2.17 bits per heavy atom. The lowest BCUT2D eigenvalue weighted by atomic mass is 10.3. The second-order valence-electron chi connectivity index (χ2n) is 5.72. The van der Waals surface area contributed by atoms with Gasteiger partial charge in [0.2, 0.25) is 0 Å². The summed E-state index contributed by atoms with van der Waals surface area (Å²) >= 11 is 1.46. The van der Waals surface area contributed by atoms with Gasteiger partial charge in [-0.3, -0.25) is 9.69 Å². The van der Waals surface area contributed by atoms with Crippen LogP contribution >= 0.6 is 11.3 Å². The Morgan fingerprint density at radius 1 is 1.33 bits per heavy atom. The topological polar surface area (TPSA) is 67.4 Å². The predicted molar refractivity (Wildman–Crippen MR) is 94.3 cm³/mol. The molecule has 0 aliphatic carbocycles. The lowest BCUT2D eigenvalue weighted by molar-refractivity contribution is 0.0374. The molecule has 128 valence electrons. The molecule has 7 heteroatoms. The molecule has 3 rings (SSSR count). The normalized spacial score (nSPS) is 15.4. The molecule has 6 nitrogen and oxygen atoms in total. The SMILES string of the molecule is Cc1nccc(-c2ccc(C(=O)NCCCN3CCOCC3)s2)n1. The summed E-state index contributed by atoms with van der Waals surface area (Å²) in [4.78, 5) is 24.8. The minimum atomic E-state index is -0.0148. The van der Waals surface area contributed by atoms with Crippen LogP contribution in [-0.2, 0) is 4.74 Å². The molecule has 3 heterocycles. The van der Waals surface area contributed by atoms with E-state index in [4.69, 9.17) is 4.74 Å². The Hall–Kier alpha value is -1.83. The van der Waals surface area contributed by atoms with Crippen molar-refractivity contribution in [3.63, 3.8) is 0 Å². The zero-order valence-electron chi connectivity index (χ0n) is 13.8. The van der Waals surface area contributed by atoms with Crippen molar-refractivity contribution in [3.8, 4) is 10.6 Å². The minimum Gasteiger partial charge on any atom is -0.379 e. The van der Waals surface area contributed by atoms with Gasteiger partial charge in [-0.15, -0.1) is 11.3 Å². The summed E-state index contributed by atoms with van der Waals surface area (Å²) in [6.07, 6.45) is 2.69. The summed E-state index contributed by atoms with van der Waals surface area (Å²) in [5.41, 5.74) is 0.860. The van der Waals surface area contributed by atoms with Crippen LogP contribution in [0.3, 0.4) is 0 Å². The van der Waals surface area contributed by atoms with Crippen LogP contribution in [0.2, 0.25) is 0 Å². The fourth-order valence-corrected chi connectivity index (χ4v) is 3.50. The molecule has 0 unspecified atom stereocenters. The average Bonchev–Trinajstić information content (AvgIpc) is 3.10. The first-order valence-electron chi connectivity index (χ1n) is 8.20. The Labute approximate surface area is 145 Å². The van der Waals surface area contributed by atoms with Gasteiger partial charge in [-0.25, -0.2) is 9.97 Å². The van der Waals surface area contributed by atoms with E-state index in [9.17, 15) is 4.79 Å². The van der Waals surface area contributed by atoms with Crippen molar-refractivity contribution in [1.29, 1.82) is 0 Å². The molecule has 1 saturated heterocycles. The largest absolute Gasteiger partial charge is 0.379 e. The average molecular weight is 346 g/mol. The first kappa shape index (κ1) is 17.0. The fourth-order valence-electron chi connectivity index (χ4n) is 2.61. The summed E-state index contributed by atoms with van der Waals surface area (Å²) in [6.45, 7) is 7.15. The number of rotatable bonds is 6. The van der Waals surface area contributed by atoms with Crippen LogP contribution in [0, 0.1) is 6.92 Å². The molecule has 0 radical (unpaired) electrons. The van der Waals surface area contributed by atoms with Gasteiger partial charge < -0.3 is 10.1 Å². The van der Waals surface area contributed by atoms with E-state index in [1.165, 1.54) is 11.3 Å². The van der Waals surface area contributed by atoms with Crippen LogP contribution in [0.5, 0.6) is 0 Å². The van der Waals surface area contributed by atoms with Gasteiger partial charge in [0, 0.05) is 25.8 Å². The van der Waals surface area contributed by atoms with Crippen LogP contribution in [0.15, 0.2) is 24.4 Å². The fraction of sp³-hybridized carbons (Fsp3) is 0.471. The molecule has 0 aromatic carbocycles. The molecule has 2 aromatic heterocycles. The number of aromatic nitrogens is 2. The highest BCUT2D eigenvalue weighted by atomic mass is 32.1. The van der Waals surface area contributed by atoms with Crippen molar-refractivity contribution in [1.82, 2.24) is 20.2 Å². The number of aryl methyl sites for hydroxylation is 1. The van der Waals surface area contributed by atoms with E-state index in [-0.39, 0.29) is 5.91 Å². The molecule has 0 saturated carbocycles. The van der Waals surface area contributed by atoms with Gasteiger partial charge in [-0.05, 0) is 38.1 Å². The second-order valence-corrected chi connectivity index (χ2v) is 6.80. The van der Waals surface area contributed by atoms with Crippen LogP contribution in [-0.4, -0.2) is 60.2 Å². The molecule has 2 aromatic rings. The van der Waals surface area contributed by atoms with Crippen LogP contribution in [0.25, 0.3) is 10.6 Å². The number of carbonyl (C=O) groups excluding carboxylic acids is 1. The van der Waals surface area contributed by atoms with Gasteiger partial charge in [0.1, 0.15) is 5.82 Å². The van der Waals surface area contributed by atoms with E-state index in [0.717, 1.165) is 55.7 Å². The number of hydrogen-bond donors (Lipinski definition) is 1. The summed E-state index contributed by atoms with van der Waals surface area (Å²) in [7, 11) is 0. The number of hydrogen-bond acceptors (Lipinski definition) is 6. The molecular formula is C17H22N4O2S. The quantitative estimate of drug-likeness (QED) is 0.810. The summed E-state index contributed by atoms with van der Waals surface area (Å²) in [5.74, 6) is 0.717. The van der Waals surface area contributed by atoms with Crippen molar-refractivity contribution >= 4 is 17.2 Å². The number of nitrogens with one attached hydrogen (secondary N) is 1. The maximum Gasteiger partial charge on any atom is 0.261 e. The van der Waals surface area contributed by atoms with Crippen molar-refractivity contribution in [2.24, 2.45) is 0 Å². The third-order valence-electron chi connectivity index (χ3n) is 3.90. The van der Waals surface area contributed by atoms with Crippen molar-refractivity contribution in [2.45, 2.75) is 13.3 Å². The number of nitrogens with zero attached hydrogens (tertiary/aromatic N) is 3. The minimum absolute atomic E-state index is 0.0148. The molecule has 1 fully saturated rings. The lowest BCUT2D eigenvalue weighted by Gasteiger charge is -2.26. The highest BCUT2D eigenvalue weighted by Gasteiger charge is 2.12. The molecule has 1 amide bonds. The van der Waals surface area contributed by atoms with E-state index in [1.807, 2.05) is 25.1 Å². The van der Waals surface area contributed by atoms with Crippen LogP contribution in [0.4, 0.5) is 0 Å². The molecule has 0 bridgehead atoms. The first-order valence-corrected chi connectivity index (χ1v) is 9.02. The highest BCUT2D eigenvalue weighted by Crippen LogP contribution is 2.26. The molecule has 1 N–H and O–H groups in total. The van der Waals surface area contributed by atoms with E-state index in [1.54, 1.807) is 6.20 Å². The summed E-state index contributed by atoms with van der Waals surface area (Å²) < 4.78 is 5.33. The van der Waals surface area contributed by atoms with Gasteiger partial charge in [0.15, 0.2) is 0 Å². The Bertz CT molecular complexity index is 683. The van der Waals surface area contributed by atoms with Crippen LogP contribution in [0.1, 0.15) is 21.9 Å². The smallest absolute Gasteiger partial charge is 0.261 e. The van der Waals surface area contributed by atoms with E-state index >= 15 is 0 Å². The third kappa shape index (κ3) is 4.59. The standard InChI is InChI=1S/C17H22N4O2S/c1-13-18-7-5-14(20-13)15-3-4-16(24-15)17(22)19-6-2-8-21-9-11-23-12-10-21/h3-5,7H,2,6,8-12H2,1H3,(H,19,22). The third-order valence-corrected chi connectivity index (χ3v) is 5.01. The van der Waals surface area contributed by atoms with E-state index < -0.39 is 0 Å². The van der Waals surface area contributed by atoms with E-state index in [2.05, 4.69) is 20.2 Å². The molecule has 0 atom stereocenters. The summed E-state index contributed by atoms with van der Waals surface area (Å²) in [6, 6.07) is 5.66. The molecule has 1 aliphatic rings. The van der Waals surface area contributed by atoms with Crippen molar-refractivity contribution in [3.05, 3.63) is 35.1 Å². The zero-order chi connectivity index (χ0) is 16.8. The number of ether oxygens (including phenoxy) is 1. The van der Waals surface area contributed by atoms with Gasteiger partial charge in [-0.1, -0.05) is 0 Å². The van der Waals surface area contributed by atoms with E-state index in [0.29, 0.717) is 11.4 Å². The van der Waals surface area contributed by atoms with Gasteiger partial charge in [0.25, 0.3) is 5.91 Å². The Kier molecular flexibility index (Phi) is 5.90. The molecule has 24 heavy (non-hydrogen) atoms. The van der Waals surface area contributed by atoms with Gasteiger partial charge >= 0.3 is 0 Å². The number of thiophene rings is 1. The number of morpholine rings is 1. The molecule has 1 aliphatic heterocycles. The van der Waals surface area contributed by atoms with Gasteiger partial charge in [-0.2, -0.15) is 0 Å². The maximum absolute atomic E-state index is 12.2. The Morgan fingerprint density at radius 3 is 2.96 bits per heavy atom. The highest BCUT2D eigenvalue weighted by molar-refractivity contribution is 7.17. The zero-order valence-corrected chi connectivity index (χ0v) is 14.6. The Balaban J connectivity index is 1.47. The number of amides is 1. The predicted octanol–water partition coefficient (Wildman–Crippen LogP) is 1.97. The summed E-state index contributed by atoms with van der Waals surface area (Å²) in [5, 5.41) is 3.00. The first-order chi connectivity index (χ1) is 11.7. The van der Waals surface area contributed by atoms with Crippen molar-refractivity contribution < 1.29 is 9.53 Å². The van der Waals surface area contributed by atoms with Crippen molar-refractivity contribution in [2.75, 3.05) is 39.4 Å². The maximum atomic E-state index is 12.2. The molecule has 0 spiro atoms. The monoisotopic (exact) mass is 346 g/mol. The second kappa shape index (κ2) is 8.32. The molecular weight excluding hydrogens is 324 g/mol. The number of carbonyl (C=O) groups is 1.